The van der Waals surface area contributed by atoms with E-state index in [0.717, 1.165) is 12.7 Å². The molecular weight excluding hydrogens is 264 g/mol. The quantitative estimate of drug-likeness (QED) is 0.431. The molecule has 3 N–H and O–H groups in total. The number of para-hydroxylation sites is 1. The number of benzene rings is 1. The van der Waals surface area contributed by atoms with E-state index >= 15 is 0 Å². The summed E-state index contributed by atoms with van der Waals surface area (Å²) in [6.07, 6.45) is 3.74. The van der Waals surface area contributed by atoms with Gasteiger partial charge in [0.05, 0.1) is 29.5 Å². The van der Waals surface area contributed by atoms with E-state index in [4.69, 9.17) is 10.5 Å². The molecule has 0 saturated carbocycles. The summed E-state index contributed by atoms with van der Waals surface area (Å²) in [4.78, 5) is 0.144. The van der Waals surface area contributed by atoms with Gasteiger partial charge in [0.15, 0.2) is 9.84 Å². The van der Waals surface area contributed by atoms with Gasteiger partial charge in [0.1, 0.15) is 0 Å². The summed E-state index contributed by atoms with van der Waals surface area (Å²) in [5.41, 5.74) is 6.69. The predicted molar refractivity (Wildman–Crippen MR) is 78.1 cm³/mol. The molecule has 1 aromatic rings. The summed E-state index contributed by atoms with van der Waals surface area (Å²) >= 11 is 0. The molecule has 0 fully saturated rings. The normalized spacial score (nSPS) is 11.2. The summed E-state index contributed by atoms with van der Waals surface area (Å²) < 4.78 is 28.4. The predicted octanol–water partition coefficient (Wildman–Crippen LogP) is 1.68. The van der Waals surface area contributed by atoms with Gasteiger partial charge in [-0.05, 0) is 18.6 Å². The van der Waals surface area contributed by atoms with Crippen LogP contribution in [0.3, 0.4) is 0 Å². The maximum atomic E-state index is 11.5. The fraction of sp³-hybridized carbons (Fsp3) is 0.385. The van der Waals surface area contributed by atoms with Gasteiger partial charge in [0.2, 0.25) is 0 Å². The lowest BCUT2D eigenvalue weighted by atomic mass is 10.2. The van der Waals surface area contributed by atoms with Crippen molar-refractivity contribution < 1.29 is 13.2 Å². The van der Waals surface area contributed by atoms with Crippen molar-refractivity contribution in [2.24, 2.45) is 0 Å². The van der Waals surface area contributed by atoms with Crippen LogP contribution in [-0.4, -0.2) is 34.4 Å². The topological polar surface area (TPSA) is 81.4 Å². The number of rotatable bonds is 8. The van der Waals surface area contributed by atoms with Gasteiger partial charge in [-0.15, -0.1) is 6.58 Å². The average Bonchev–Trinajstić information content (AvgIpc) is 2.34. The first kappa shape index (κ1) is 15.5. The molecular formula is C13H20N2O3S. The molecule has 0 saturated heterocycles. The number of hydrogen-bond acceptors (Lipinski definition) is 5. The first-order chi connectivity index (χ1) is 8.96. The molecule has 0 aromatic heterocycles. The molecule has 1 aromatic carbocycles. The molecule has 0 bridgehead atoms. The minimum Gasteiger partial charge on any atom is -0.396 e. The number of anilines is 2. The number of hydrogen-bond donors (Lipinski definition) is 2. The highest BCUT2D eigenvalue weighted by Crippen LogP contribution is 2.26. The molecule has 106 valence electrons. The van der Waals surface area contributed by atoms with Crippen molar-refractivity contribution in [3.05, 3.63) is 30.9 Å². The van der Waals surface area contributed by atoms with Gasteiger partial charge in [-0.1, -0.05) is 12.1 Å². The Balaban J connectivity index is 2.58. The van der Waals surface area contributed by atoms with E-state index in [1.807, 2.05) is 0 Å². The minimum absolute atomic E-state index is 0.144. The number of nitrogens with two attached hydrogens (primary N) is 1. The number of nitrogens with one attached hydrogen (secondary N) is 1. The molecule has 0 atom stereocenters. The van der Waals surface area contributed by atoms with Crippen LogP contribution < -0.4 is 11.1 Å². The molecule has 0 radical (unpaired) electrons. The van der Waals surface area contributed by atoms with Crippen molar-refractivity contribution >= 4 is 21.2 Å². The van der Waals surface area contributed by atoms with Crippen molar-refractivity contribution in [1.29, 1.82) is 0 Å². The van der Waals surface area contributed by atoms with Gasteiger partial charge >= 0.3 is 0 Å². The summed E-state index contributed by atoms with van der Waals surface area (Å²) in [6.45, 7) is 5.32. The van der Waals surface area contributed by atoms with Crippen molar-refractivity contribution in [2.75, 3.05) is 37.1 Å². The van der Waals surface area contributed by atoms with Gasteiger partial charge in [-0.25, -0.2) is 8.42 Å². The van der Waals surface area contributed by atoms with Crippen LogP contribution in [0.2, 0.25) is 0 Å². The molecule has 19 heavy (non-hydrogen) atoms. The lowest BCUT2D eigenvalue weighted by molar-refractivity contribution is 0.149. The first-order valence-electron chi connectivity index (χ1n) is 5.98. The SMILES string of the molecule is C=CCCOCCNc1cccc(S(C)(=O)=O)c1N. The highest BCUT2D eigenvalue weighted by molar-refractivity contribution is 7.90. The largest absolute Gasteiger partial charge is 0.396 e. The van der Waals surface area contributed by atoms with E-state index < -0.39 is 9.84 Å². The molecule has 0 aliphatic heterocycles. The van der Waals surface area contributed by atoms with E-state index in [9.17, 15) is 8.42 Å². The molecule has 0 amide bonds. The van der Waals surface area contributed by atoms with Crippen molar-refractivity contribution in [1.82, 2.24) is 0 Å². The Kier molecular flexibility index (Phi) is 5.85. The van der Waals surface area contributed by atoms with Crippen LogP contribution in [0.4, 0.5) is 11.4 Å². The van der Waals surface area contributed by atoms with Crippen LogP contribution in [-0.2, 0) is 14.6 Å². The number of ether oxygens (including phenoxy) is 1. The Morgan fingerprint density at radius 3 is 2.79 bits per heavy atom. The van der Waals surface area contributed by atoms with Crippen molar-refractivity contribution in [2.45, 2.75) is 11.3 Å². The zero-order chi connectivity index (χ0) is 14.3. The molecule has 5 nitrogen and oxygen atoms in total. The van der Waals surface area contributed by atoms with E-state index in [-0.39, 0.29) is 10.6 Å². The van der Waals surface area contributed by atoms with Crippen LogP contribution in [0.15, 0.2) is 35.7 Å². The summed E-state index contributed by atoms with van der Waals surface area (Å²) in [7, 11) is -3.31. The smallest absolute Gasteiger partial charge is 0.177 e. The minimum atomic E-state index is -3.31. The van der Waals surface area contributed by atoms with E-state index in [0.29, 0.717) is 25.4 Å². The lowest BCUT2D eigenvalue weighted by Gasteiger charge is -2.12. The van der Waals surface area contributed by atoms with Gasteiger partial charge in [0.25, 0.3) is 0 Å². The third-order valence-electron chi connectivity index (χ3n) is 2.49. The second-order valence-corrected chi connectivity index (χ2v) is 6.09. The summed E-state index contributed by atoms with van der Waals surface area (Å²) in [5, 5.41) is 3.06. The first-order valence-corrected chi connectivity index (χ1v) is 7.87. The summed E-state index contributed by atoms with van der Waals surface area (Å²) in [5.74, 6) is 0. The van der Waals surface area contributed by atoms with Crippen LogP contribution in [0.5, 0.6) is 0 Å². The average molecular weight is 284 g/mol. The Hall–Kier alpha value is -1.53. The number of sulfone groups is 1. The summed E-state index contributed by atoms with van der Waals surface area (Å²) in [6, 6.07) is 4.90. The molecule has 0 spiro atoms. The van der Waals surface area contributed by atoms with Crippen molar-refractivity contribution in [3.63, 3.8) is 0 Å². The van der Waals surface area contributed by atoms with Crippen molar-refractivity contribution in [3.8, 4) is 0 Å². The highest BCUT2D eigenvalue weighted by atomic mass is 32.2. The zero-order valence-electron chi connectivity index (χ0n) is 11.1. The molecule has 1 rings (SSSR count). The molecule has 0 heterocycles. The molecule has 0 aliphatic rings. The van der Waals surface area contributed by atoms with E-state index in [1.54, 1.807) is 18.2 Å². The second kappa shape index (κ2) is 7.16. The maximum Gasteiger partial charge on any atom is 0.177 e. The second-order valence-electron chi connectivity index (χ2n) is 4.11. The molecule has 0 aliphatic carbocycles. The van der Waals surface area contributed by atoms with Gasteiger partial charge in [-0.2, -0.15) is 0 Å². The fourth-order valence-electron chi connectivity index (χ4n) is 1.55. The zero-order valence-corrected chi connectivity index (χ0v) is 11.9. The maximum absolute atomic E-state index is 11.5. The van der Waals surface area contributed by atoms with Gasteiger partial charge < -0.3 is 15.8 Å². The van der Waals surface area contributed by atoms with Gasteiger partial charge in [0, 0.05) is 12.8 Å². The lowest BCUT2D eigenvalue weighted by Crippen LogP contribution is -2.12. The molecule has 6 heteroatoms. The van der Waals surface area contributed by atoms with Crippen LogP contribution in [0.1, 0.15) is 6.42 Å². The van der Waals surface area contributed by atoms with Crippen LogP contribution in [0.25, 0.3) is 0 Å². The van der Waals surface area contributed by atoms with Crippen LogP contribution >= 0.6 is 0 Å². The highest BCUT2D eigenvalue weighted by Gasteiger charge is 2.13. The Labute approximate surface area is 114 Å². The third-order valence-corrected chi connectivity index (χ3v) is 3.65. The fourth-order valence-corrected chi connectivity index (χ4v) is 2.38. The Morgan fingerprint density at radius 1 is 1.42 bits per heavy atom. The van der Waals surface area contributed by atoms with Gasteiger partial charge in [-0.3, -0.25) is 0 Å². The Bertz CT molecular complexity index is 527. The van der Waals surface area contributed by atoms with E-state index in [2.05, 4.69) is 11.9 Å². The molecule has 0 unspecified atom stereocenters. The van der Waals surface area contributed by atoms with Crippen LogP contribution in [0, 0.1) is 0 Å². The standard InChI is InChI=1S/C13H20N2O3S/c1-3-4-9-18-10-8-15-11-6-5-7-12(13(11)14)19(2,16)17/h3,5-7,15H,1,4,8-10,14H2,2H3. The monoisotopic (exact) mass is 284 g/mol. The van der Waals surface area contributed by atoms with E-state index in [1.165, 1.54) is 6.07 Å². The Morgan fingerprint density at radius 2 is 2.16 bits per heavy atom. The number of nitrogen functional groups attached to an aromatic ring is 1. The third kappa shape index (κ3) is 4.92.